The fourth-order valence-corrected chi connectivity index (χ4v) is 6.97. The Hall–Kier alpha value is -7.38. The molecule has 8 aromatic carbocycles. The van der Waals surface area contributed by atoms with Gasteiger partial charge in [0.25, 0.3) is 0 Å². The van der Waals surface area contributed by atoms with Crippen molar-refractivity contribution < 1.29 is 29.3 Å². The van der Waals surface area contributed by atoms with E-state index in [2.05, 4.69) is 72.8 Å². The van der Waals surface area contributed by atoms with Crippen LogP contribution in [-0.4, -0.2) is 22.2 Å². The molecule has 282 valence electrons. The molecule has 8 aromatic rings. The van der Waals surface area contributed by atoms with Gasteiger partial charge in [0.2, 0.25) is 0 Å². The number of rotatable bonds is 11. The van der Waals surface area contributed by atoms with Crippen LogP contribution in [0.1, 0.15) is 54.1 Å². The summed E-state index contributed by atoms with van der Waals surface area (Å²) in [6.07, 6.45) is 8.24. The molecule has 0 heterocycles. The molecule has 0 amide bonds. The van der Waals surface area contributed by atoms with Crippen molar-refractivity contribution in [2.24, 2.45) is 0 Å². The summed E-state index contributed by atoms with van der Waals surface area (Å²) >= 11 is 0. The van der Waals surface area contributed by atoms with Crippen molar-refractivity contribution in [1.82, 2.24) is 0 Å². The van der Waals surface area contributed by atoms with E-state index in [9.17, 15) is 19.8 Å². The Labute approximate surface area is 336 Å². The van der Waals surface area contributed by atoms with Gasteiger partial charge < -0.3 is 19.7 Å². The van der Waals surface area contributed by atoms with Gasteiger partial charge in [-0.1, -0.05) is 146 Å². The first-order valence-electron chi connectivity index (χ1n) is 18.9. The molecule has 0 aliphatic rings. The van der Waals surface area contributed by atoms with Crippen molar-refractivity contribution in [2.75, 3.05) is 0 Å². The number of hydrogen-bond donors (Lipinski definition) is 2. The molecule has 0 atom stereocenters. The van der Waals surface area contributed by atoms with Gasteiger partial charge in [-0.15, -0.1) is 0 Å². The predicted octanol–water partition coefficient (Wildman–Crippen LogP) is 11.4. The van der Waals surface area contributed by atoms with Crippen LogP contribution < -0.4 is 9.47 Å². The lowest BCUT2D eigenvalue weighted by molar-refractivity contribution is 0.0725. The van der Waals surface area contributed by atoms with E-state index in [1.807, 2.05) is 60.7 Å². The second kappa shape index (κ2) is 17.2. The third-order valence-corrected chi connectivity index (χ3v) is 9.96. The Morgan fingerprint density at radius 2 is 0.845 bits per heavy atom. The van der Waals surface area contributed by atoms with Crippen molar-refractivity contribution in [3.63, 3.8) is 0 Å². The molecule has 0 fully saturated rings. The Kier molecular flexibility index (Phi) is 11.1. The highest BCUT2D eigenvalue weighted by Crippen LogP contribution is 2.41. The lowest BCUT2D eigenvalue weighted by Crippen LogP contribution is -2.08. The highest BCUT2D eigenvalue weighted by atomic mass is 16.5. The minimum atomic E-state index is -0.475. The maximum Gasteiger partial charge on any atom is 0.343 e. The van der Waals surface area contributed by atoms with E-state index in [0.29, 0.717) is 22.6 Å². The molecule has 0 radical (unpaired) electrons. The first-order valence-corrected chi connectivity index (χ1v) is 18.9. The standard InChI is InChI=1S/C52H38O6/c53-33-37-17-23-43(24-18-37)51(55)57-45-11-5-7-35(31-45)15-21-41-29-27-39-9-1-3-13-47(39)49(41)50-42(30-28-40-10-2-4-14-48(40)50)22-16-36-8-6-12-46(32-36)58-52(56)44-25-19-38(34-54)20-26-44/h1-32,53-54H,33-34H2/b21-15-,22-16-. The molecule has 8 rings (SSSR count). The summed E-state index contributed by atoms with van der Waals surface area (Å²) in [5, 5.41) is 23.1. The van der Waals surface area contributed by atoms with Crippen LogP contribution in [0, 0.1) is 0 Å². The summed E-state index contributed by atoms with van der Waals surface area (Å²) in [7, 11) is 0. The zero-order valence-electron chi connectivity index (χ0n) is 31.4. The third-order valence-electron chi connectivity index (χ3n) is 9.96. The van der Waals surface area contributed by atoms with Crippen LogP contribution in [0.5, 0.6) is 11.5 Å². The van der Waals surface area contributed by atoms with Gasteiger partial charge in [-0.2, -0.15) is 0 Å². The van der Waals surface area contributed by atoms with Gasteiger partial charge in [-0.3, -0.25) is 0 Å². The number of carbonyl (C=O) groups excluding carboxylic acids is 2. The van der Waals surface area contributed by atoms with E-state index in [-0.39, 0.29) is 13.2 Å². The first-order chi connectivity index (χ1) is 28.4. The number of fused-ring (bicyclic) bond motifs is 2. The molecule has 0 aliphatic heterocycles. The molecule has 0 spiro atoms. The number of carbonyl (C=O) groups is 2. The monoisotopic (exact) mass is 758 g/mol. The smallest absolute Gasteiger partial charge is 0.343 e. The molecule has 0 aliphatic carbocycles. The van der Waals surface area contributed by atoms with E-state index in [1.54, 1.807) is 60.7 Å². The summed E-state index contributed by atoms with van der Waals surface area (Å²) < 4.78 is 11.4. The van der Waals surface area contributed by atoms with Gasteiger partial charge in [0.1, 0.15) is 11.5 Å². The summed E-state index contributed by atoms with van der Waals surface area (Å²) in [6, 6.07) is 53.5. The summed E-state index contributed by atoms with van der Waals surface area (Å²) in [5.74, 6) is -0.100. The quantitative estimate of drug-likeness (QED) is 0.0775. The van der Waals surface area contributed by atoms with Gasteiger partial charge in [-0.05, 0) is 115 Å². The Balaban J connectivity index is 1.14. The van der Waals surface area contributed by atoms with Gasteiger partial charge in [0.05, 0.1) is 24.3 Å². The average molecular weight is 759 g/mol. The van der Waals surface area contributed by atoms with Crippen LogP contribution in [-0.2, 0) is 13.2 Å². The largest absolute Gasteiger partial charge is 0.423 e. The van der Waals surface area contributed by atoms with Crippen molar-refractivity contribution in [3.05, 3.63) is 214 Å². The molecule has 0 saturated carbocycles. The lowest BCUT2D eigenvalue weighted by Gasteiger charge is -2.17. The van der Waals surface area contributed by atoms with Gasteiger partial charge in [0, 0.05) is 0 Å². The third kappa shape index (κ3) is 8.39. The zero-order valence-corrected chi connectivity index (χ0v) is 31.4. The summed E-state index contributed by atoms with van der Waals surface area (Å²) in [6.45, 7) is -0.194. The highest BCUT2D eigenvalue weighted by Gasteiger charge is 2.16. The fraction of sp³-hybridized carbons (Fsp3) is 0.0385. The molecule has 0 saturated heterocycles. The van der Waals surface area contributed by atoms with Crippen molar-refractivity contribution in [2.45, 2.75) is 13.2 Å². The second-order valence-electron chi connectivity index (χ2n) is 13.8. The van der Waals surface area contributed by atoms with Gasteiger partial charge >= 0.3 is 11.9 Å². The van der Waals surface area contributed by atoms with Crippen molar-refractivity contribution in [1.29, 1.82) is 0 Å². The summed E-state index contributed by atoms with van der Waals surface area (Å²) in [4.78, 5) is 25.8. The number of esters is 2. The average Bonchev–Trinajstić information content (AvgIpc) is 3.27. The molecular weight excluding hydrogens is 721 g/mol. The molecule has 58 heavy (non-hydrogen) atoms. The normalized spacial score (nSPS) is 11.4. The van der Waals surface area contributed by atoms with Crippen LogP contribution in [0.4, 0.5) is 0 Å². The maximum atomic E-state index is 12.9. The van der Waals surface area contributed by atoms with E-state index < -0.39 is 11.9 Å². The molecule has 6 heteroatoms. The molecule has 2 N–H and O–H groups in total. The molecule has 0 unspecified atom stereocenters. The first kappa shape index (κ1) is 37.5. The van der Waals surface area contributed by atoms with E-state index in [0.717, 1.165) is 66.1 Å². The van der Waals surface area contributed by atoms with E-state index in [1.165, 1.54) is 0 Å². The van der Waals surface area contributed by atoms with Crippen LogP contribution in [0.15, 0.2) is 170 Å². The van der Waals surface area contributed by atoms with Crippen LogP contribution in [0.3, 0.4) is 0 Å². The molecule has 6 nitrogen and oxygen atoms in total. The Bertz CT molecular complexity index is 2640. The summed E-state index contributed by atoms with van der Waals surface area (Å²) in [5.41, 5.74) is 8.14. The van der Waals surface area contributed by atoms with Crippen LogP contribution in [0.25, 0.3) is 57.0 Å². The maximum absolute atomic E-state index is 12.9. The second-order valence-corrected chi connectivity index (χ2v) is 13.8. The van der Waals surface area contributed by atoms with Crippen LogP contribution >= 0.6 is 0 Å². The molecule has 0 bridgehead atoms. The highest BCUT2D eigenvalue weighted by molar-refractivity contribution is 6.11. The number of hydrogen-bond acceptors (Lipinski definition) is 6. The van der Waals surface area contributed by atoms with Gasteiger partial charge in [-0.25, -0.2) is 9.59 Å². The van der Waals surface area contributed by atoms with Crippen LogP contribution in [0.2, 0.25) is 0 Å². The SMILES string of the molecule is O=C(Oc1cccc(/C=C\c2ccc3ccccc3c2-c2c(/C=C\c3cccc(OC(=O)c4ccc(CO)cc4)c3)ccc3ccccc23)c1)c1ccc(CO)cc1. The van der Waals surface area contributed by atoms with E-state index in [4.69, 9.17) is 9.47 Å². The fourth-order valence-electron chi connectivity index (χ4n) is 6.97. The number of benzene rings is 8. The molecular formula is C52H38O6. The van der Waals surface area contributed by atoms with Crippen molar-refractivity contribution >= 4 is 57.8 Å². The minimum Gasteiger partial charge on any atom is -0.423 e. The topological polar surface area (TPSA) is 93.1 Å². The van der Waals surface area contributed by atoms with Gasteiger partial charge in [0.15, 0.2) is 0 Å². The number of ether oxygens (including phenoxy) is 2. The predicted molar refractivity (Wildman–Crippen MR) is 232 cm³/mol. The Morgan fingerprint density at radius 1 is 0.431 bits per heavy atom. The number of aliphatic hydroxyl groups excluding tert-OH is 2. The lowest BCUT2D eigenvalue weighted by atomic mass is 9.86. The zero-order chi connectivity index (χ0) is 39.8. The molecule has 0 aromatic heterocycles. The van der Waals surface area contributed by atoms with E-state index >= 15 is 0 Å². The minimum absolute atomic E-state index is 0.0968. The Morgan fingerprint density at radius 3 is 1.26 bits per heavy atom. The number of aliphatic hydroxyl groups is 2. The van der Waals surface area contributed by atoms with Crippen molar-refractivity contribution in [3.8, 4) is 22.6 Å².